The molecule has 0 saturated carbocycles. The molecule has 12 heteroatoms. The van der Waals surface area contributed by atoms with Crippen LogP contribution in [0.3, 0.4) is 0 Å². The van der Waals surface area contributed by atoms with E-state index in [1.165, 1.54) is 0 Å². The van der Waals surface area contributed by atoms with E-state index in [9.17, 15) is 18.0 Å². The fourth-order valence-corrected chi connectivity index (χ4v) is 4.12. The molecule has 8 nitrogen and oxygen atoms in total. The third kappa shape index (κ3) is 6.28. The molecule has 0 radical (unpaired) electrons. The van der Waals surface area contributed by atoms with Crippen LogP contribution in [0.1, 0.15) is 23.3 Å². The standard InChI is InChI=1S/C17H21N3O3S.C2HF3O2/c21-17(14-12-15(23-18-14)16-2-1-11-24-16)20-5-3-13(4-6-20)19-7-9-22-10-8-19;3-2(4,5)1(6)7/h1-2,11-13H,3-10H2;(H,6,7). The molecule has 2 aromatic rings. The topological polar surface area (TPSA) is 96.1 Å². The van der Waals surface area contributed by atoms with Gasteiger partial charge in [-0.3, -0.25) is 9.69 Å². The van der Waals surface area contributed by atoms with E-state index in [0.29, 0.717) is 17.5 Å². The normalized spacial score (nSPS) is 18.4. The number of likely N-dealkylation sites (tertiary alicyclic amines) is 1. The molecule has 4 rings (SSSR count). The van der Waals surface area contributed by atoms with E-state index in [-0.39, 0.29) is 5.91 Å². The van der Waals surface area contributed by atoms with Crippen molar-refractivity contribution in [1.29, 1.82) is 0 Å². The second-order valence-electron chi connectivity index (χ2n) is 7.03. The second-order valence-corrected chi connectivity index (χ2v) is 7.98. The molecular weight excluding hydrogens is 439 g/mol. The zero-order valence-corrected chi connectivity index (χ0v) is 17.3. The van der Waals surface area contributed by atoms with Crippen molar-refractivity contribution in [2.24, 2.45) is 0 Å². The molecule has 2 aliphatic heterocycles. The minimum absolute atomic E-state index is 0.0259. The number of hydrogen-bond acceptors (Lipinski definition) is 7. The summed E-state index contributed by atoms with van der Waals surface area (Å²) in [6, 6.07) is 6.24. The lowest BCUT2D eigenvalue weighted by Crippen LogP contribution is -2.50. The number of morpholine rings is 1. The van der Waals surface area contributed by atoms with Crippen molar-refractivity contribution in [2.75, 3.05) is 39.4 Å². The Kier molecular flexibility index (Phi) is 7.68. The zero-order valence-electron chi connectivity index (χ0n) is 16.5. The number of carboxylic acids is 1. The third-order valence-corrected chi connectivity index (χ3v) is 5.93. The molecule has 31 heavy (non-hydrogen) atoms. The molecule has 0 bridgehead atoms. The van der Waals surface area contributed by atoms with E-state index in [4.69, 9.17) is 19.2 Å². The van der Waals surface area contributed by atoms with Crippen molar-refractivity contribution >= 4 is 23.2 Å². The zero-order chi connectivity index (χ0) is 22.4. The number of carbonyl (C=O) groups is 2. The number of ether oxygens (including phenoxy) is 1. The lowest BCUT2D eigenvalue weighted by atomic mass is 10.0. The van der Waals surface area contributed by atoms with Gasteiger partial charge in [0, 0.05) is 38.3 Å². The molecule has 2 fully saturated rings. The summed E-state index contributed by atoms with van der Waals surface area (Å²) in [5.41, 5.74) is 0.406. The summed E-state index contributed by atoms with van der Waals surface area (Å²) < 4.78 is 42.5. The van der Waals surface area contributed by atoms with E-state index < -0.39 is 12.1 Å². The molecule has 0 aromatic carbocycles. The highest BCUT2D eigenvalue weighted by molar-refractivity contribution is 7.13. The molecule has 0 spiro atoms. The highest BCUT2D eigenvalue weighted by atomic mass is 32.1. The number of amides is 1. The van der Waals surface area contributed by atoms with Gasteiger partial charge in [-0.15, -0.1) is 11.3 Å². The van der Waals surface area contributed by atoms with Gasteiger partial charge in [0.05, 0.1) is 18.1 Å². The highest BCUT2D eigenvalue weighted by Gasteiger charge is 2.38. The summed E-state index contributed by atoms with van der Waals surface area (Å²) in [5.74, 6) is -2.12. The molecule has 170 valence electrons. The SMILES string of the molecule is O=C(O)C(F)(F)F.O=C(c1cc(-c2cccs2)on1)N1CCC(N2CCOCC2)CC1. The summed E-state index contributed by atoms with van der Waals surface area (Å²) in [7, 11) is 0. The number of carboxylic acid groups (broad SMARTS) is 1. The molecule has 1 amide bonds. The molecule has 2 aromatic heterocycles. The monoisotopic (exact) mass is 461 g/mol. The number of carbonyl (C=O) groups excluding carboxylic acids is 1. The van der Waals surface area contributed by atoms with E-state index in [0.717, 1.165) is 57.1 Å². The maximum Gasteiger partial charge on any atom is 0.490 e. The highest BCUT2D eigenvalue weighted by Crippen LogP contribution is 2.26. The van der Waals surface area contributed by atoms with Crippen LogP contribution >= 0.6 is 11.3 Å². The number of rotatable bonds is 3. The van der Waals surface area contributed by atoms with Crippen LogP contribution in [0.15, 0.2) is 28.1 Å². The molecule has 2 aliphatic rings. The van der Waals surface area contributed by atoms with Crippen molar-refractivity contribution < 1.29 is 37.1 Å². The van der Waals surface area contributed by atoms with E-state index >= 15 is 0 Å². The van der Waals surface area contributed by atoms with E-state index in [1.807, 2.05) is 22.4 Å². The number of thiophene rings is 1. The van der Waals surface area contributed by atoms with Gasteiger partial charge in [0.1, 0.15) is 0 Å². The lowest BCUT2D eigenvalue weighted by molar-refractivity contribution is -0.192. The van der Waals surface area contributed by atoms with Gasteiger partial charge in [-0.25, -0.2) is 4.79 Å². The number of nitrogens with zero attached hydrogens (tertiary/aromatic N) is 3. The summed E-state index contributed by atoms with van der Waals surface area (Å²) >= 11 is 1.58. The third-order valence-electron chi connectivity index (χ3n) is 5.05. The second kappa shape index (κ2) is 10.2. The smallest absolute Gasteiger partial charge is 0.475 e. The maximum atomic E-state index is 12.6. The molecule has 0 unspecified atom stereocenters. The van der Waals surface area contributed by atoms with Gasteiger partial charge in [-0.2, -0.15) is 13.2 Å². The van der Waals surface area contributed by atoms with Crippen LogP contribution < -0.4 is 0 Å². The number of aromatic nitrogens is 1. The molecule has 0 aliphatic carbocycles. The van der Waals surface area contributed by atoms with Gasteiger partial charge in [-0.1, -0.05) is 11.2 Å². The Morgan fingerprint density at radius 2 is 1.81 bits per heavy atom. The van der Waals surface area contributed by atoms with Gasteiger partial charge >= 0.3 is 12.1 Å². The van der Waals surface area contributed by atoms with Crippen LogP contribution in [0.2, 0.25) is 0 Å². The van der Waals surface area contributed by atoms with Gasteiger partial charge in [0.25, 0.3) is 5.91 Å². The number of halogens is 3. The first-order valence-electron chi connectivity index (χ1n) is 9.67. The predicted molar refractivity (Wildman–Crippen MR) is 105 cm³/mol. The number of hydrogen-bond donors (Lipinski definition) is 1. The Labute approximate surface area is 180 Å². The van der Waals surface area contributed by atoms with Gasteiger partial charge in [0.2, 0.25) is 0 Å². The van der Waals surface area contributed by atoms with E-state index in [1.54, 1.807) is 17.4 Å². The van der Waals surface area contributed by atoms with Crippen molar-refractivity contribution in [3.8, 4) is 10.6 Å². The van der Waals surface area contributed by atoms with Gasteiger partial charge < -0.3 is 19.3 Å². The maximum absolute atomic E-state index is 12.6. The predicted octanol–water partition coefficient (Wildman–Crippen LogP) is 2.97. The Hall–Kier alpha value is -2.44. The first-order valence-corrected chi connectivity index (χ1v) is 10.6. The summed E-state index contributed by atoms with van der Waals surface area (Å²) in [5, 5.41) is 13.1. The molecule has 4 heterocycles. The van der Waals surface area contributed by atoms with Crippen LogP contribution in [0, 0.1) is 0 Å². The lowest BCUT2D eigenvalue weighted by Gasteiger charge is -2.39. The molecule has 2 saturated heterocycles. The van der Waals surface area contributed by atoms with Crippen molar-refractivity contribution in [3.63, 3.8) is 0 Å². The first-order chi connectivity index (χ1) is 14.8. The Morgan fingerprint density at radius 1 is 1.16 bits per heavy atom. The minimum atomic E-state index is -5.08. The van der Waals surface area contributed by atoms with Crippen LogP contribution in [0.5, 0.6) is 0 Å². The fourth-order valence-electron chi connectivity index (χ4n) is 3.45. The van der Waals surface area contributed by atoms with Crippen molar-refractivity contribution in [3.05, 3.63) is 29.3 Å². The van der Waals surface area contributed by atoms with Gasteiger partial charge in [0.15, 0.2) is 11.5 Å². The summed E-state index contributed by atoms with van der Waals surface area (Å²) in [4.78, 5) is 26.9. The molecular formula is C19H22F3N3O5S. The van der Waals surface area contributed by atoms with Crippen LogP contribution in [-0.4, -0.2) is 83.6 Å². The average Bonchev–Trinajstić information content (AvgIpc) is 3.46. The first kappa shape index (κ1) is 23.2. The number of aliphatic carboxylic acids is 1. The Balaban J connectivity index is 0.000000339. The summed E-state index contributed by atoms with van der Waals surface area (Å²) in [6.07, 6.45) is -3.05. The van der Waals surface area contributed by atoms with E-state index in [2.05, 4.69) is 10.1 Å². The van der Waals surface area contributed by atoms with Crippen LogP contribution in [-0.2, 0) is 9.53 Å². The summed E-state index contributed by atoms with van der Waals surface area (Å²) in [6.45, 7) is 5.22. The molecule has 0 atom stereocenters. The van der Waals surface area contributed by atoms with Crippen molar-refractivity contribution in [2.45, 2.75) is 25.1 Å². The molecule has 1 N–H and O–H groups in total. The average molecular weight is 461 g/mol. The number of alkyl halides is 3. The van der Waals surface area contributed by atoms with Crippen molar-refractivity contribution in [1.82, 2.24) is 15.0 Å². The minimum Gasteiger partial charge on any atom is -0.475 e. The Morgan fingerprint density at radius 3 is 2.35 bits per heavy atom. The van der Waals surface area contributed by atoms with Crippen LogP contribution in [0.4, 0.5) is 13.2 Å². The largest absolute Gasteiger partial charge is 0.490 e. The quantitative estimate of drug-likeness (QED) is 0.751. The van der Waals surface area contributed by atoms with Crippen LogP contribution in [0.25, 0.3) is 10.6 Å². The fraction of sp³-hybridized carbons (Fsp3) is 0.526. The number of piperidine rings is 1. The Bertz CT molecular complexity index is 858. The van der Waals surface area contributed by atoms with Gasteiger partial charge in [-0.05, 0) is 24.3 Å².